The molecule has 0 aliphatic rings. The fraction of sp³-hybridized carbons (Fsp3) is 0.375. The fourth-order valence-electron chi connectivity index (χ4n) is 1.45. The van der Waals surface area contributed by atoms with Crippen LogP contribution in [-0.2, 0) is 9.47 Å². The molecule has 0 aliphatic carbocycles. The lowest BCUT2D eigenvalue weighted by molar-refractivity contribution is 0.0533. The average molecular weight is 307 g/mol. The highest BCUT2D eigenvalue weighted by Gasteiger charge is 2.15. The van der Waals surface area contributed by atoms with Crippen molar-refractivity contribution in [1.29, 1.82) is 0 Å². The Labute approximate surface area is 128 Å². The van der Waals surface area contributed by atoms with Gasteiger partial charge in [-0.2, -0.15) is 0 Å². The van der Waals surface area contributed by atoms with E-state index in [4.69, 9.17) is 4.74 Å². The Morgan fingerprint density at radius 2 is 2.00 bits per heavy atom. The summed E-state index contributed by atoms with van der Waals surface area (Å²) in [6, 6.07) is 3.86. The summed E-state index contributed by atoms with van der Waals surface area (Å²) >= 11 is 0. The largest absolute Gasteiger partial charge is 0.465 e. The van der Waals surface area contributed by atoms with E-state index in [1.165, 1.54) is 19.2 Å². The van der Waals surface area contributed by atoms with E-state index in [1.807, 2.05) is 0 Å². The van der Waals surface area contributed by atoms with Gasteiger partial charge < -0.3 is 14.8 Å². The third kappa shape index (κ3) is 5.83. The first-order chi connectivity index (χ1) is 10.2. The number of carbonyl (C=O) groups is 2. The lowest BCUT2D eigenvalue weighted by Gasteiger charge is -2.18. The van der Waals surface area contributed by atoms with Crippen LogP contribution in [0.2, 0.25) is 0 Å². The van der Waals surface area contributed by atoms with E-state index in [0.717, 1.165) is 6.07 Å². The van der Waals surface area contributed by atoms with Crippen molar-refractivity contribution < 1.29 is 23.5 Å². The van der Waals surface area contributed by atoms with Crippen LogP contribution in [0.25, 0.3) is 0 Å². The number of esters is 1. The predicted octanol–water partition coefficient (Wildman–Crippen LogP) is 2.49. The monoisotopic (exact) mass is 307 g/mol. The second-order valence-corrected chi connectivity index (χ2v) is 5.34. The van der Waals surface area contributed by atoms with E-state index in [2.05, 4.69) is 21.9 Å². The summed E-state index contributed by atoms with van der Waals surface area (Å²) in [5.41, 5.74) is -0.327. The molecule has 1 aromatic rings. The highest BCUT2D eigenvalue weighted by atomic mass is 19.1. The van der Waals surface area contributed by atoms with Crippen LogP contribution in [0.4, 0.5) is 9.18 Å². The second-order valence-electron chi connectivity index (χ2n) is 5.34. The number of alkyl carbamates (subject to hydrolysis) is 1. The zero-order valence-electron chi connectivity index (χ0n) is 13.0. The van der Waals surface area contributed by atoms with E-state index < -0.39 is 23.5 Å². The predicted molar refractivity (Wildman–Crippen MR) is 78.9 cm³/mol. The normalized spacial score (nSPS) is 10.2. The molecule has 118 valence electrons. The van der Waals surface area contributed by atoms with Crippen LogP contribution in [0.1, 0.15) is 36.7 Å². The SMILES string of the molecule is COC(=O)c1cc(C#CCNC(=O)OC(C)(C)C)ccc1F. The molecule has 0 aromatic heterocycles. The first-order valence-electron chi connectivity index (χ1n) is 6.56. The fourth-order valence-corrected chi connectivity index (χ4v) is 1.45. The molecule has 0 radical (unpaired) electrons. The minimum atomic E-state index is -0.770. The summed E-state index contributed by atoms with van der Waals surface area (Å²) in [5, 5.41) is 2.47. The van der Waals surface area contributed by atoms with Gasteiger partial charge in [0.2, 0.25) is 0 Å². The Hall–Kier alpha value is -2.55. The molecule has 22 heavy (non-hydrogen) atoms. The van der Waals surface area contributed by atoms with Crippen LogP contribution in [-0.4, -0.2) is 31.3 Å². The molecular weight excluding hydrogens is 289 g/mol. The standard InChI is InChI=1S/C16H18FNO4/c1-16(2,3)22-15(20)18-9-5-6-11-7-8-13(17)12(10-11)14(19)21-4/h7-8,10H,9H2,1-4H3,(H,18,20). The van der Waals surface area contributed by atoms with E-state index in [1.54, 1.807) is 20.8 Å². The van der Waals surface area contributed by atoms with Gasteiger partial charge in [0.15, 0.2) is 0 Å². The van der Waals surface area contributed by atoms with E-state index in [0.29, 0.717) is 5.56 Å². The molecule has 6 heteroatoms. The molecule has 1 rings (SSSR count). The molecule has 0 bridgehead atoms. The van der Waals surface area contributed by atoms with Crippen molar-refractivity contribution >= 4 is 12.1 Å². The van der Waals surface area contributed by atoms with Crippen LogP contribution in [0.3, 0.4) is 0 Å². The highest BCUT2D eigenvalue weighted by Crippen LogP contribution is 2.11. The van der Waals surface area contributed by atoms with Crippen LogP contribution < -0.4 is 5.32 Å². The Balaban J connectivity index is 2.66. The Kier molecular flexibility index (Phi) is 5.93. The van der Waals surface area contributed by atoms with E-state index >= 15 is 0 Å². The summed E-state index contributed by atoms with van der Waals surface area (Å²) in [4.78, 5) is 22.7. The molecule has 5 nitrogen and oxygen atoms in total. The van der Waals surface area contributed by atoms with Crippen LogP contribution >= 0.6 is 0 Å². The molecule has 1 aromatic carbocycles. The highest BCUT2D eigenvalue weighted by molar-refractivity contribution is 5.90. The number of nitrogens with one attached hydrogen (secondary N) is 1. The van der Waals surface area contributed by atoms with Gasteiger partial charge in [-0.3, -0.25) is 0 Å². The van der Waals surface area contributed by atoms with Gasteiger partial charge in [-0.15, -0.1) is 0 Å². The number of benzene rings is 1. The number of rotatable bonds is 2. The van der Waals surface area contributed by atoms with Gasteiger partial charge in [0.05, 0.1) is 19.2 Å². The van der Waals surface area contributed by atoms with Crippen LogP contribution in [0.15, 0.2) is 18.2 Å². The minimum Gasteiger partial charge on any atom is -0.465 e. The van der Waals surface area contributed by atoms with Gasteiger partial charge in [-0.1, -0.05) is 11.8 Å². The van der Waals surface area contributed by atoms with Crippen molar-refractivity contribution in [2.75, 3.05) is 13.7 Å². The van der Waals surface area contributed by atoms with Gasteiger partial charge in [0.25, 0.3) is 0 Å². The van der Waals surface area contributed by atoms with Crippen molar-refractivity contribution in [2.24, 2.45) is 0 Å². The maximum atomic E-state index is 13.4. The summed E-state index contributed by atoms with van der Waals surface area (Å²) < 4.78 is 23.0. The molecule has 0 aliphatic heterocycles. The summed E-state index contributed by atoms with van der Waals surface area (Å²) in [7, 11) is 1.17. The number of halogens is 1. The van der Waals surface area contributed by atoms with Crippen LogP contribution in [0.5, 0.6) is 0 Å². The number of ether oxygens (including phenoxy) is 2. The van der Waals surface area contributed by atoms with Crippen LogP contribution in [0, 0.1) is 17.7 Å². The van der Waals surface area contributed by atoms with Crippen molar-refractivity contribution in [3.63, 3.8) is 0 Å². The van der Waals surface area contributed by atoms with Gasteiger partial charge in [0.1, 0.15) is 11.4 Å². The molecule has 0 atom stereocenters. The molecule has 0 fully saturated rings. The van der Waals surface area contributed by atoms with Crippen molar-refractivity contribution in [3.8, 4) is 11.8 Å². The quantitative estimate of drug-likeness (QED) is 0.673. The van der Waals surface area contributed by atoms with Crippen molar-refractivity contribution in [1.82, 2.24) is 5.32 Å². The summed E-state index contributed by atoms with van der Waals surface area (Å²) in [6.45, 7) is 5.33. The van der Waals surface area contributed by atoms with Gasteiger partial charge >= 0.3 is 12.1 Å². The topological polar surface area (TPSA) is 64.6 Å². The first-order valence-corrected chi connectivity index (χ1v) is 6.56. The Morgan fingerprint density at radius 3 is 2.59 bits per heavy atom. The first kappa shape index (κ1) is 17.5. The maximum absolute atomic E-state index is 13.4. The third-order valence-electron chi connectivity index (χ3n) is 2.32. The van der Waals surface area contributed by atoms with Gasteiger partial charge in [-0.25, -0.2) is 14.0 Å². The smallest absolute Gasteiger partial charge is 0.408 e. The van der Waals surface area contributed by atoms with Gasteiger partial charge in [-0.05, 0) is 39.0 Å². The zero-order chi connectivity index (χ0) is 16.8. The second kappa shape index (κ2) is 7.46. The average Bonchev–Trinajstić information content (AvgIpc) is 2.42. The summed E-state index contributed by atoms with van der Waals surface area (Å²) in [5.74, 6) is 3.95. The molecule has 1 N–H and O–H groups in total. The Morgan fingerprint density at radius 1 is 1.32 bits per heavy atom. The number of amides is 1. The molecule has 0 saturated heterocycles. The number of methoxy groups -OCH3 is 1. The van der Waals surface area contributed by atoms with E-state index in [-0.39, 0.29) is 12.1 Å². The Bertz CT molecular complexity index is 623. The number of hydrogen-bond acceptors (Lipinski definition) is 4. The molecular formula is C16H18FNO4. The minimum absolute atomic E-state index is 0.0693. The molecule has 0 spiro atoms. The third-order valence-corrected chi connectivity index (χ3v) is 2.32. The molecule has 0 heterocycles. The number of hydrogen-bond donors (Lipinski definition) is 1. The zero-order valence-corrected chi connectivity index (χ0v) is 13.0. The van der Waals surface area contributed by atoms with Crippen molar-refractivity contribution in [2.45, 2.75) is 26.4 Å². The lowest BCUT2D eigenvalue weighted by atomic mass is 10.1. The molecule has 1 amide bonds. The van der Waals surface area contributed by atoms with Crippen molar-refractivity contribution in [3.05, 3.63) is 35.1 Å². The molecule has 0 unspecified atom stereocenters. The molecule has 0 saturated carbocycles. The van der Waals surface area contributed by atoms with E-state index in [9.17, 15) is 14.0 Å². The van der Waals surface area contributed by atoms with Gasteiger partial charge in [0, 0.05) is 5.56 Å². The number of carbonyl (C=O) groups excluding carboxylic acids is 2. The maximum Gasteiger partial charge on any atom is 0.408 e. The lowest BCUT2D eigenvalue weighted by Crippen LogP contribution is -2.32. The summed E-state index contributed by atoms with van der Waals surface area (Å²) in [6.07, 6.45) is -0.573.